The molecule has 0 aliphatic rings. The molecule has 2 N–H and O–H groups in total. The SMILES string of the molecule is CNC(=O)N(O)c1ccc(C)c(Cl)c1. The van der Waals surface area contributed by atoms with Gasteiger partial charge >= 0.3 is 6.03 Å². The minimum atomic E-state index is -0.607. The summed E-state index contributed by atoms with van der Waals surface area (Å²) in [5.41, 5.74) is 1.22. The summed E-state index contributed by atoms with van der Waals surface area (Å²) in [4.78, 5) is 11.0. The molecule has 0 aliphatic heterocycles. The van der Waals surface area contributed by atoms with E-state index in [2.05, 4.69) is 5.32 Å². The maximum Gasteiger partial charge on any atom is 0.345 e. The van der Waals surface area contributed by atoms with Crippen molar-refractivity contribution < 1.29 is 10.0 Å². The smallest absolute Gasteiger partial charge is 0.339 e. The highest BCUT2D eigenvalue weighted by atomic mass is 35.5. The van der Waals surface area contributed by atoms with Crippen LogP contribution >= 0.6 is 11.6 Å². The largest absolute Gasteiger partial charge is 0.345 e. The van der Waals surface area contributed by atoms with Crippen molar-refractivity contribution in [3.63, 3.8) is 0 Å². The van der Waals surface area contributed by atoms with E-state index in [1.54, 1.807) is 12.1 Å². The average Bonchev–Trinajstić information content (AvgIpc) is 2.20. The molecule has 5 heteroatoms. The van der Waals surface area contributed by atoms with Crippen molar-refractivity contribution in [2.24, 2.45) is 0 Å². The number of carbonyl (C=O) groups excluding carboxylic acids is 1. The van der Waals surface area contributed by atoms with Gasteiger partial charge < -0.3 is 5.32 Å². The molecule has 76 valence electrons. The fraction of sp³-hybridized carbons (Fsp3) is 0.222. The molecule has 0 aliphatic carbocycles. The number of anilines is 1. The molecule has 0 spiro atoms. The van der Waals surface area contributed by atoms with Crippen molar-refractivity contribution in [1.29, 1.82) is 0 Å². The number of hydrogen-bond acceptors (Lipinski definition) is 2. The first-order valence-electron chi connectivity index (χ1n) is 4.03. The Hall–Kier alpha value is -1.26. The Balaban J connectivity index is 2.96. The average molecular weight is 215 g/mol. The number of rotatable bonds is 1. The number of nitrogens with zero attached hydrogens (tertiary/aromatic N) is 1. The highest BCUT2D eigenvalue weighted by Crippen LogP contribution is 2.22. The van der Waals surface area contributed by atoms with Crippen molar-refractivity contribution >= 4 is 23.3 Å². The van der Waals surface area contributed by atoms with Gasteiger partial charge in [-0.1, -0.05) is 17.7 Å². The summed E-state index contributed by atoms with van der Waals surface area (Å²) in [7, 11) is 1.43. The van der Waals surface area contributed by atoms with E-state index < -0.39 is 6.03 Å². The van der Waals surface area contributed by atoms with Gasteiger partial charge in [-0.05, 0) is 24.6 Å². The summed E-state index contributed by atoms with van der Waals surface area (Å²) >= 11 is 5.84. The van der Waals surface area contributed by atoms with E-state index in [4.69, 9.17) is 11.6 Å². The normalized spacial score (nSPS) is 9.71. The van der Waals surface area contributed by atoms with Gasteiger partial charge in [0, 0.05) is 12.1 Å². The number of urea groups is 1. The number of halogens is 1. The van der Waals surface area contributed by atoms with E-state index in [1.807, 2.05) is 6.92 Å². The minimum absolute atomic E-state index is 0.333. The molecular weight excluding hydrogens is 204 g/mol. The van der Waals surface area contributed by atoms with E-state index >= 15 is 0 Å². The zero-order valence-electron chi connectivity index (χ0n) is 7.91. The molecule has 2 amide bonds. The maximum atomic E-state index is 11.0. The summed E-state index contributed by atoms with van der Waals surface area (Å²) in [6.45, 7) is 1.84. The number of hydroxylamine groups is 1. The second-order valence-electron chi connectivity index (χ2n) is 2.80. The zero-order valence-corrected chi connectivity index (χ0v) is 8.67. The van der Waals surface area contributed by atoms with Gasteiger partial charge in [-0.2, -0.15) is 5.06 Å². The van der Waals surface area contributed by atoms with Crippen LogP contribution in [-0.2, 0) is 0 Å². The van der Waals surface area contributed by atoms with E-state index in [9.17, 15) is 10.0 Å². The van der Waals surface area contributed by atoms with E-state index in [1.165, 1.54) is 13.1 Å². The third-order valence-electron chi connectivity index (χ3n) is 1.81. The molecule has 0 unspecified atom stereocenters. The molecular formula is C9H11ClN2O2. The van der Waals surface area contributed by atoms with Crippen LogP contribution in [0.25, 0.3) is 0 Å². The van der Waals surface area contributed by atoms with Crippen LogP contribution in [0, 0.1) is 6.92 Å². The third kappa shape index (κ3) is 2.16. The van der Waals surface area contributed by atoms with Crippen LogP contribution in [0.1, 0.15) is 5.56 Å². The van der Waals surface area contributed by atoms with Crippen molar-refractivity contribution in [3.05, 3.63) is 28.8 Å². The number of benzene rings is 1. The maximum absolute atomic E-state index is 11.0. The molecule has 0 bridgehead atoms. The number of nitrogens with one attached hydrogen (secondary N) is 1. The van der Waals surface area contributed by atoms with Gasteiger partial charge in [-0.25, -0.2) is 4.79 Å². The van der Waals surface area contributed by atoms with Gasteiger partial charge in [0.1, 0.15) is 0 Å². The second-order valence-corrected chi connectivity index (χ2v) is 3.21. The van der Waals surface area contributed by atoms with Crippen molar-refractivity contribution in [2.45, 2.75) is 6.92 Å². The van der Waals surface area contributed by atoms with Crippen LogP contribution in [0.3, 0.4) is 0 Å². The monoisotopic (exact) mass is 214 g/mol. The number of carbonyl (C=O) groups is 1. The van der Waals surface area contributed by atoms with Gasteiger partial charge in [0.15, 0.2) is 0 Å². The first-order valence-corrected chi connectivity index (χ1v) is 4.41. The van der Waals surface area contributed by atoms with Crippen LogP contribution in [0.4, 0.5) is 10.5 Å². The first kappa shape index (κ1) is 10.8. The molecule has 1 aromatic rings. The molecule has 4 nitrogen and oxygen atoms in total. The van der Waals surface area contributed by atoms with Crippen LogP contribution < -0.4 is 10.4 Å². The Kier molecular flexibility index (Phi) is 3.33. The molecule has 1 aromatic carbocycles. The lowest BCUT2D eigenvalue weighted by molar-refractivity contribution is 0.206. The predicted molar refractivity (Wildman–Crippen MR) is 54.9 cm³/mol. The van der Waals surface area contributed by atoms with Crippen LogP contribution in [0.5, 0.6) is 0 Å². The third-order valence-corrected chi connectivity index (χ3v) is 2.21. The van der Waals surface area contributed by atoms with Gasteiger partial charge in [-0.15, -0.1) is 0 Å². The van der Waals surface area contributed by atoms with Gasteiger partial charge in [-0.3, -0.25) is 5.21 Å². The van der Waals surface area contributed by atoms with Crippen LogP contribution in [0.2, 0.25) is 5.02 Å². The molecule has 0 saturated heterocycles. The van der Waals surface area contributed by atoms with Gasteiger partial charge in [0.05, 0.1) is 5.69 Å². The summed E-state index contributed by atoms with van der Waals surface area (Å²) in [6, 6.07) is 4.25. The number of aryl methyl sites for hydroxylation is 1. The molecule has 1 rings (SSSR count). The van der Waals surface area contributed by atoms with Crippen LogP contribution in [0.15, 0.2) is 18.2 Å². The van der Waals surface area contributed by atoms with E-state index in [0.29, 0.717) is 15.8 Å². The van der Waals surface area contributed by atoms with Gasteiger partial charge in [0.2, 0.25) is 0 Å². The Labute approximate surface area is 87.0 Å². The standard InChI is InChI=1S/C9H11ClN2O2/c1-6-3-4-7(5-8(6)10)12(14)9(13)11-2/h3-5,14H,1-2H3,(H,11,13). The Morgan fingerprint density at radius 1 is 1.57 bits per heavy atom. The lowest BCUT2D eigenvalue weighted by Crippen LogP contribution is -2.35. The molecule has 0 heterocycles. The quantitative estimate of drug-likeness (QED) is 0.556. The Bertz CT molecular complexity index is 355. The van der Waals surface area contributed by atoms with Crippen LogP contribution in [-0.4, -0.2) is 18.3 Å². The predicted octanol–water partition coefficient (Wildman–Crippen LogP) is 2.18. The van der Waals surface area contributed by atoms with E-state index in [0.717, 1.165) is 5.56 Å². The highest BCUT2D eigenvalue weighted by Gasteiger charge is 2.11. The fourth-order valence-electron chi connectivity index (χ4n) is 0.937. The summed E-state index contributed by atoms with van der Waals surface area (Å²) in [5.74, 6) is 0. The summed E-state index contributed by atoms with van der Waals surface area (Å²) in [5, 5.41) is 12.7. The summed E-state index contributed by atoms with van der Waals surface area (Å²) in [6.07, 6.45) is 0. The van der Waals surface area contributed by atoms with Crippen molar-refractivity contribution in [1.82, 2.24) is 5.32 Å². The first-order chi connectivity index (χ1) is 6.56. The Morgan fingerprint density at radius 2 is 2.21 bits per heavy atom. The van der Waals surface area contributed by atoms with E-state index in [-0.39, 0.29) is 0 Å². The molecule has 0 aromatic heterocycles. The number of hydrogen-bond donors (Lipinski definition) is 2. The second kappa shape index (κ2) is 4.30. The zero-order chi connectivity index (χ0) is 10.7. The number of amides is 2. The summed E-state index contributed by atoms with van der Waals surface area (Å²) < 4.78 is 0. The molecule has 0 atom stereocenters. The lowest BCUT2D eigenvalue weighted by Gasteiger charge is -2.14. The molecule has 0 saturated carbocycles. The lowest BCUT2D eigenvalue weighted by atomic mass is 10.2. The van der Waals surface area contributed by atoms with Crippen molar-refractivity contribution in [3.8, 4) is 0 Å². The highest BCUT2D eigenvalue weighted by molar-refractivity contribution is 6.31. The topological polar surface area (TPSA) is 52.6 Å². The molecule has 14 heavy (non-hydrogen) atoms. The molecule has 0 fully saturated rings. The molecule has 0 radical (unpaired) electrons. The minimum Gasteiger partial charge on any atom is -0.339 e. The Morgan fingerprint density at radius 3 is 2.71 bits per heavy atom. The van der Waals surface area contributed by atoms with Crippen molar-refractivity contribution in [2.75, 3.05) is 12.1 Å². The fourth-order valence-corrected chi connectivity index (χ4v) is 1.11. The van der Waals surface area contributed by atoms with Gasteiger partial charge in [0.25, 0.3) is 0 Å².